The van der Waals surface area contributed by atoms with E-state index in [2.05, 4.69) is 14.8 Å². The van der Waals surface area contributed by atoms with E-state index in [-0.39, 0.29) is 29.4 Å². The molecule has 1 saturated carbocycles. The first-order chi connectivity index (χ1) is 11.5. The Hall–Kier alpha value is -1.15. The van der Waals surface area contributed by atoms with Crippen molar-refractivity contribution < 1.29 is 17.9 Å². The van der Waals surface area contributed by atoms with E-state index < -0.39 is 16.0 Å². The number of sulfonamides is 1. The van der Waals surface area contributed by atoms with Crippen LogP contribution in [0.1, 0.15) is 48.9 Å². The molecule has 1 aliphatic carbocycles. The van der Waals surface area contributed by atoms with Crippen molar-refractivity contribution in [2.24, 2.45) is 0 Å². The normalized spacial score (nSPS) is 15.9. The smallest absolute Gasteiger partial charge is 0.339 e. The highest BCUT2D eigenvalue weighted by atomic mass is 35.5. The second kappa shape index (κ2) is 10.8. The molecule has 0 radical (unpaired) electrons. The zero-order chi connectivity index (χ0) is 17.4. The van der Waals surface area contributed by atoms with Crippen LogP contribution in [0.5, 0.6) is 0 Å². The Kier molecular flexibility index (Phi) is 9.42. The van der Waals surface area contributed by atoms with E-state index in [1.807, 2.05) is 0 Å². The molecule has 0 amide bonds. The molecule has 1 fully saturated rings. The number of hydrogen-bond acceptors (Lipinski definition) is 5. The molecule has 0 spiro atoms. The monoisotopic (exact) mass is 390 g/mol. The van der Waals surface area contributed by atoms with E-state index in [9.17, 15) is 13.2 Å². The molecule has 0 aliphatic heterocycles. The van der Waals surface area contributed by atoms with Gasteiger partial charge in [-0.15, -0.1) is 12.4 Å². The summed E-state index contributed by atoms with van der Waals surface area (Å²) in [7, 11) is -2.52. The number of carbonyl (C=O) groups is 1. The molecule has 0 heterocycles. The summed E-state index contributed by atoms with van der Waals surface area (Å²) < 4.78 is 32.1. The number of esters is 1. The predicted molar refractivity (Wildman–Crippen MR) is 99.7 cm³/mol. The number of hydrogen-bond donors (Lipinski definition) is 2. The molecule has 8 heteroatoms. The number of nitrogens with one attached hydrogen (secondary N) is 2. The summed E-state index contributed by atoms with van der Waals surface area (Å²) in [5.74, 6) is -0.660. The Labute approximate surface area is 156 Å². The minimum atomic E-state index is -3.75. The van der Waals surface area contributed by atoms with Crippen LogP contribution in [-0.2, 0) is 14.8 Å². The van der Waals surface area contributed by atoms with Crippen molar-refractivity contribution in [3.05, 3.63) is 29.8 Å². The lowest BCUT2D eigenvalue weighted by atomic mass is 10.1. The Bertz CT molecular complexity index is 644. The second-order valence-electron chi connectivity index (χ2n) is 6.03. The van der Waals surface area contributed by atoms with Gasteiger partial charge in [0, 0.05) is 19.1 Å². The van der Waals surface area contributed by atoms with Gasteiger partial charge in [0.15, 0.2) is 0 Å². The molecular weight excluding hydrogens is 364 g/mol. The van der Waals surface area contributed by atoms with Gasteiger partial charge in [-0.25, -0.2) is 17.9 Å². The lowest BCUT2D eigenvalue weighted by molar-refractivity contribution is 0.0596. The van der Waals surface area contributed by atoms with Crippen LogP contribution in [0, 0.1) is 0 Å². The Morgan fingerprint density at radius 3 is 2.40 bits per heavy atom. The van der Waals surface area contributed by atoms with Crippen LogP contribution in [-0.4, -0.2) is 40.6 Å². The Morgan fingerprint density at radius 1 is 1.12 bits per heavy atom. The second-order valence-corrected chi connectivity index (χ2v) is 7.76. The van der Waals surface area contributed by atoms with E-state index in [4.69, 9.17) is 0 Å². The van der Waals surface area contributed by atoms with Crippen LogP contribution < -0.4 is 10.0 Å². The summed E-state index contributed by atoms with van der Waals surface area (Å²) in [5.41, 5.74) is 0.0456. The van der Waals surface area contributed by atoms with Gasteiger partial charge in [0.1, 0.15) is 0 Å². The molecule has 0 bridgehead atoms. The van der Waals surface area contributed by atoms with Gasteiger partial charge >= 0.3 is 5.97 Å². The quantitative estimate of drug-likeness (QED) is 0.424. The zero-order valence-corrected chi connectivity index (χ0v) is 16.1. The topological polar surface area (TPSA) is 84.5 Å². The summed E-state index contributed by atoms with van der Waals surface area (Å²) >= 11 is 0. The number of rotatable bonds is 7. The van der Waals surface area contributed by atoms with Crippen molar-refractivity contribution >= 4 is 28.4 Å². The van der Waals surface area contributed by atoms with Crippen molar-refractivity contribution in [2.75, 3.05) is 20.2 Å². The molecule has 25 heavy (non-hydrogen) atoms. The van der Waals surface area contributed by atoms with Crippen LogP contribution in [0.4, 0.5) is 0 Å². The summed E-state index contributed by atoms with van der Waals surface area (Å²) in [6.07, 6.45) is 7.34. The van der Waals surface area contributed by atoms with Crippen molar-refractivity contribution in [1.29, 1.82) is 0 Å². The maximum absolute atomic E-state index is 12.4. The largest absolute Gasteiger partial charge is 0.465 e. The Morgan fingerprint density at radius 2 is 1.76 bits per heavy atom. The first-order valence-electron chi connectivity index (χ1n) is 8.45. The molecular formula is C17H27ClN2O4S. The highest BCUT2D eigenvalue weighted by Gasteiger charge is 2.22. The van der Waals surface area contributed by atoms with E-state index in [1.165, 1.54) is 44.9 Å². The molecule has 1 aromatic carbocycles. The third-order valence-electron chi connectivity index (χ3n) is 4.29. The molecule has 142 valence electrons. The molecule has 1 aliphatic rings. The van der Waals surface area contributed by atoms with Crippen molar-refractivity contribution in [3.8, 4) is 0 Å². The van der Waals surface area contributed by atoms with E-state index in [1.54, 1.807) is 12.1 Å². The number of carbonyl (C=O) groups excluding carboxylic acids is 1. The van der Waals surface area contributed by atoms with E-state index in [0.29, 0.717) is 12.6 Å². The number of benzene rings is 1. The van der Waals surface area contributed by atoms with Crippen molar-refractivity contribution in [2.45, 2.75) is 49.5 Å². The van der Waals surface area contributed by atoms with Gasteiger partial charge in [-0.1, -0.05) is 37.8 Å². The maximum atomic E-state index is 12.4. The zero-order valence-electron chi connectivity index (χ0n) is 14.5. The summed E-state index contributed by atoms with van der Waals surface area (Å²) in [6.45, 7) is 0.860. The van der Waals surface area contributed by atoms with Crippen LogP contribution in [0.15, 0.2) is 29.2 Å². The third-order valence-corrected chi connectivity index (χ3v) is 5.81. The van der Waals surface area contributed by atoms with Gasteiger partial charge < -0.3 is 10.1 Å². The van der Waals surface area contributed by atoms with Gasteiger partial charge in [-0.2, -0.15) is 0 Å². The van der Waals surface area contributed by atoms with Crippen LogP contribution in [0.3, 0.4) is 0 Å². The molecule has 1 aromatic rings. The van der Waals surface area contributed by atoms with Crippen molar-refractivity contribution in [3.63, 3.8) is 0 Å². The standard InChI is InChI=1S/C17H26N2O4S.ClH/c1-23-17(20)15-10-6-7-11-16(15)24(21,22)19-13-12-18-14-8-4-2-3-5-9-14;/h6-7,10-11,14,18-19H,2-5,8-9,12-13H2,1H3;1H. The lowest BCUT2D eigenvalue weighted by Crippen LogP contribution is -2.37. The SMILES string of the molecule is COC(=O)c1ccccc1S(=O)(=O)NCCNC1CCCCCC1.Cl. The fourth-order valence-corrected chi connectivity index (χ4v) is 4.23. The first-order valence-corrected chi connectivity index (χ1v) is 9.93. The van der Waals surface area contributed by atoms with Gasteiger partial charge in [0.25, 0.3) is 0 Å². The Balaban J connectivity index is 0.00000312. The number of halogens is 1. The van der Waals surface area contributed by atoms with Crippen LogP contribution >= 0.6 is 12.4 Å². The van der Waals surface area contributed by atoms with E-state index in [0.717, 1.165) is 12.8 Å². The minimum Gasteiger partial charge on any atom is -0.465 e. The third kappa shape index (κ3) is 6.58. The molecule has 0 aromatic heterocycles. The number of methoxy groups -OCH3 is 1. The highest BCUT2D eigenvalue weighted by molar-refractivity contribution is 7.89. The van der Waals surface area contributed by atoms with Crippen LogP contribution in [0.2, 0.25) is 0 Å². The van der Waals surface area contributed by atoms with Gasteiger partial charge in [0.05, 0.1) is 17.6 Å². The van der Waals surface area contributed by atoms with Crippen molar-refractivity contribution in [1.82, 2.24) is 10.0 Å². The average Bonchev–Trinajstić information content (AvgIpc) is 2.87. The molecule has 0 saturated heterocycles. The van der Waals surface area contributed by atoms with Gasteiger partial charge in [-0.05, 0) is 25.0 Å². The molecule has 0 unspecified atom stereocenters. The van der Waals surface area contributed by atoms with E-state index >= 15 is 0 Å². The first kappa shape index (κ1) is 21.9. The molecule has 6 nitrogen and oxygen atoms in total. The fraction of sp³-hybridized carbons (Fsp3) is 0.588. The summed E-state index contributed by atoms with van der Waals surface area (Å²) in [5, 5.41) is 3.42. The van der Waals surface area contributed by atoms with Crippen LogP contribution in [0.25, 0.3) is 0 Å². The molecule has 2 N–H and O–H groups in total. The average molecular weight is 391 g/mol. The predicted octanol–water partition coefficient (Wildman–Crippen LogP) is 2.49. The lowest BCUT2D eigenvalue weighted by Gasteiger charge is -2.16. The summed E-state index contributed by atoms with van der Waals surface area (Å²) in [6, 6.07) is 6.53. The summed E-state index contributed by atoms with van der Waals surface area (Å²) in [4.78, 5) is 11.7. The minimum absolute atomic E-state index is 0. The fourth-order valence-electron chi connectivity index (χ4n) is 3.00. The molecule has 0 atom stereocenters. The maximum Gasteiger partial charge on any atom is 0.339 e. The highest BCUT2D eigenvalue weighted by Crippen LogP contribution is 2.17. The number of ether oxygens (including phenoxy) is 1. The van der Waals surface area contributed by atoms with Gasteiger partial charge in [0.2, 0.25) is 10.0 Å². The van der Waals surface area contributed by atoms with Gasteiger partial charge in [-0.3, -0.25) is 0 Å². The molecule has 2 rings (SSSR count).